The van der Waals surface area contributed by atoms with E-state index in [1.54, 1.807) is 24.3 Å². The van der Waals surface area contributed by atoms with Crippen LogP contribution in [0.1, 0.15) is 23.2 Å². The van der Waals surface area contributed by atoms with Gasteiger partial charge in [0.15, 0.2) is 6.61 Å². The molecule has 0 bridgehead atoms. The molecule has 3 aromatic rings. The molecule has 0 radical (unpaired) electrons. The van der Waals surface area contributed by atoms with Crippen LogP contribution >= 0.6 is 0 Å². The largest absolute Gasteiger partial charge is 0.482 e. The van der Waals surface area contributed by atoms with Gasteiger partial charge in [-0.1, -0.05) is 12.1 Å². The van der Waals surface area contributed by atoms with Gasteiger partial charge >= 0.3 is 5.97 Å². The third-order valence-corrected chi connectivity index (χ3v) is 5.31. The van der Waals surface area contributed by atoms with Crippen LogP contribution in [0, 0.1) is 5.92 Å². The number of rotatable bonds is 7. The summed E-state index contributed by atoms with van der Waals surface area (Å²) in [6.07, 6.45) is 1.86. The van der Waals surface area contributed by atoms with Crippen molar-refractivity contribution in [2.45, 2.75) is 12.8 Å². The molecule has 1 fully saturated rings. The van der Waals surface area contributed by atoms with Crippen molar-refractivity contribution < 1.29 is 19.4 Å². The normalized spacial score (nSPS) is 14.6. The van der Waals surface area contributed by atoms with Gasteiger partial charge in [0, 0.05) is 25.2 Å². The number of H-pyrrole nitrogens is 1. The van der Waals surface area contributed by atoms with E-state index in [9.17, 15) is 9.59 Å². The number of anilines is 1. The van der Waals surface area contributed by atoms with Gasteiger partial charge in [0.25, 0.3) is 5.91 Å². The molecule has 0 saturated carbocycles. The Bertz CT molecular complexity index is 990. The van der Waals surface area contributed by atoms with Gasteiger partial charge in [0.1, 0.15) is 5.75 Å². The number of nitrogens with one attached hydrogen (secondary N) is 2. The van der Waals surface area contributed by atoms with Crippen molar-refractivity contribution in [3.8, 4) is 5.75 Å². The van der Waals surface area contributed by atoms with E-state index in [2.05, 4.69) is 15.3 Å². The molecule has 0 aliphatic carbocycles. The molecular formula is C22H24N4O4. The lowest BCUT2D eigenvalue weighted by atomic mass is 9.96. The maximum Gasteiger partial charge on any atom is 0.341 e. The number of benzene rings is 2. The van der Waals surface area contributed by atoms with Crippen molar-refractivity contribution in [3.05, 3.63) is 54.1 Å². The SMILES string of the molecule is O=C(O)COc1ccc(C(=O)N2CCC(CNc3nc4ccccc4[nH]3)CC2)cc1. The number of nitrogens with zero attached hydrogens (tertiary/aromatic N) is 2. The molecule has 2 aromatic carbocycles. The number of amides is 1. The molecule has 4 rings (SSSR count). The second kappa shape index (κ2) is 8.86. The Balaban J connectivity index is 1.25. The van der Waals surface area contributed by atoms with E-state index in [-0.39, 0.29) is 5.91 Å². The Morgan fingerprint density at radius 1 is 1.13 bits per heavy atom. The summed E-state index contributed by atoms with van der Waals surface area (Å²) in [5, 5.41) is 12.0. The molecule has 2 heterocycles. The molecule has 8 nitrogen and oxygen atoms in total. The number of carboxylic acids is 1. The zero-order valence-corrected chi connectivity index (χ0v) is 16.5. The summed E-state index contributed by atoms with van der Waals surface area (Å²) < 4.78 is 5.11. The average molecular weight is 408 g/mol. The van der Waals surface area contributed by atoms with Crippen LogP contribution in [0.15, 0.2) is 48.5 Å². The minimum Gasteiger partial charge on any atom is -0.482 e. The highest BCUT2D eigenvalue weighted by Crippen LogP contribution is 2.21. The number of likely N-dealkylation sites (tertiary alicyclic amines) is 1. The van der Waals surface area contributed by atoms with Gasteiger partial charge in [-0.05, 0) is 55.2 Å². The monoisotopic (exact) mass is 408 g/mol. The minimum absolute atomic E-state index is 0.0107. The van der Waals surface area contributed by atoms with Gasteiger partial charge in [-0.2, -0.15) is 0 Å². The zero-order valence-electron chi connectivity index (χ0n) is 16.5. The third kappa shape index (κ3) is 4.71. The van der Waals surface area contributed by atoms with Crippen molar-refractivity contribution in [1.29, 1.82) is 0 Å². The smallest absolute Gasteiger partial charge is 0.341 e. The molecule has 1 aliphatic rings. The molecule has 1 aliphatic heterocycles. The fourth-order valence-corrected chi connectivity index (χ4v) is 3.64. The lowest BCUT2D eigenvalue weighted by Gasteiger charge is -2.32. The number of fused-ring (bicyclic) bond motifs is 1. The number of aliphatic carboxylic acids is 1. The summed E-state index contributed by atoms with van der Waals surface area (Å²) in [6, 6.07) is 14.5. The number of para-hydroxylation sites is 2. The summed E-state index contributed by atoms with van der Waals surface area (Å²) in [7, 11) is 0. The maximum absolute atomic E-state index is 12.7. The zero-order chi connectivity index (χ0) is 20.9. The van der Waals surface area contributed by atoms with Crippen molar-refractivity contribution >= 4 is 28.9 Å². The Morgan fingerprint density at radius 2 is 1.87 bits per heavy atom. The molecule has 0 unspecified atom stereocenters. The van der Waals surface area contributed by atoms with Crippen LogP contribution in [0.3, 0.4) is 0 Å². The number of hydrogen-bond donors (Lipinski definition) is 3. The number of carboxylic acid groups (broad SMARTS) is 1. The van der Waals surface area contributed by atoms with Gasteiger partial charge in [0.05, 0.1) is 11.0 Å². The molecule has 3 N–H and O–H groups in total. The highest BCUT2D eigenvalue weighted by atomic mass is 16.5. The van der Waals surface area contributed by atoms with Crippen LogP contribution < -0.4 is 10.1 Å². The minimum atomic E-state index is -1.03. The van der Waals surface area contributed by atoms with Crippen LogP contribution in [0.25, 0.3) is 11.0 Å². The molecular weight excluding hydrogens is 384 g/mol. The van der Waals surface area contributed by atoms with Gasteiger partial charge < -0.3 is 25.0 Å². The average Bonchev–Trinajstić information content (AvgIpc) is 3.19. The number of carbonyl (C=O) groups is 2. The Morgan fingerprint density at radius 3 is 2.57 bits per heavy atom. The Labute approximate surface area is 173 Å². The number of ether oxygens (including phenoxy) is 1. The predicted molar refractivity (Wildman–Crippen MR) is 113 cm³/mol. The second-order valence-corrected chi connectivity index (χ2v) is 7.43. The predicted octanol–water partition coefficient (Wildman–Crippen LogP) is 2.99. The standard InChI is InChI=1S/C22H24N4O4/c27-20(28)14-30-17-7-5-16(6-8-17)21(29)26-11-9-15(10-12-26)13-23-22-24-18-3-1-2-4-19(18)25-22/h1-8,15H,9-14H2,(H,27,28)(H2,23,24,25). The van der Waals surface area contributed by atoms with Gasteiger partial charge in [-0.3, -0.25) is 4.79 Å². The fraction of sp³-hybridized carbons (Fsp3) is 0.318. The van der Waals surface area contributed by atoms with E-state index in [0.29, 0.717) is 30.3 Å². The first kappa shape index (κ1) is 19.8. The number of imidazole rings is 1. The molecule has 1 aromatic heterocycles. The van der Waals surface area contributed by atoms with Crippen LogP contribution in [0.4, 0.5) is 5.95 Å². The highest BCUT2D eigenvalue weighted by molar-refractivity contribution is 5.94. The van der Waals surface area contributed by atoms with E-state index < -0.39 is 12.6 Å². The third-order valence-electron chi connectivity index (χ3n) is 5.31. The Kier molecular flexibility index (Phi) is 5.83. The number of aromatic amines is 1. The quantitative estimate of drug-likeness (QED) is 0.555. The van der Waals surface area contributed by atoms with Gasteiger partial charge in [-0.15, -0.1) is 0 Å². The highest BCUT2D eigenvalue weighted by Gasteiger charge is 2.23. The molecule has 1 saturated heterocycles. The Hall–Kier alpha value is -3.55. The molecule has 0 spiro atoms. The summed E-state index contributed by atoms with van der Waals surface area (Å²) in [5.74, 6) is 0.648. The summed E-state index contributed by atoms with van der Waals surface area (Å²) in [6.45, 7) is 1.84. The van der Waals surface area contributed by atoms with Crippen molar-refractivity contribution in [1.82, 2.24) is 14.9 Å². The first-order valence-electron chi connectivity index (χ1n) is 10.0. The van der Waals surface area contributed by atoms with E-state index in [1.165, 1.54) is 0 Å². The van der Waals surface area contributed by atoms with E-state index in [0.717, 1.165) is 36.4 Å². The first-order chi connectivity index (χ1) is 14.6. The molecule has 1 amide bonds. The maximum atomic E-state index is 12.7. The van der Waals surface area contributed by atoms with Gasteiger partial charge in [0.2, 0.25) is 5.95 Å². The van der Waals surface area contributed by atoms with E-state index >= 15 is 0 Å². The number of carbonyl (C=O) groups excluding carboxylic acids is 1. The van der Waals surface area contributed by atoms with Gasteiger partial charge in [-0.25, -0.2) is 9.78 Å². The van der Waals surface area contributed by atoms with Crippen LogP contribution in [-0.4, -0.2) is 58.1 Å². The fourth-order valence-electron chi connectivity index (χ4n) is 3.64. The van der Waals surface area contributed by atoms with E-state index in [4.69, 9.17) is 9.84 Å². The number of piperidine rings is 1. The molecule has 156 valence electrons. The summed E-state index contributed by atoms with van der Waals surface area (Å²) in [4.78, 5) is 33.0. The lowest BCUT2D eigenvalue weighted by Crippen LogP contribution is -2.39. The molecule has 30 heavy (non-hydrogen) atoms. The van der Waals surface area contributed by atoms with E-state index in [1.807, 2.05) is 29.2 Å². The number of aromatic nitrogens is 2. The topological polar surface area (TPSA) is 108 Å². The number of hydrogen-bond acceptors (Lipinski definition) is 5. The molecule has 8 heteroatoms. The van der Waals surface area contributed by atoms with Crippen molar-refractivity contribution in [2.75, 3.05) is 31.6 Å². The second-order valence-electron chi connectivity index (χ2n) is 7.43. The van der Waals surface area contributed by atoms with Crippen LogP contribution in [0.5, 0.6) is 5.75 Å². The lowest BCUT2D eigenvalue weighted by molar-refractivity contribution is -0.139. The molecule has 0 atom stereocenters. The summed E-state index contributed by atoms with van der Waals surface area (Å²) in [5.41, 5.74) is 2.54. The summed E-state index contributed by atoms with van der Waals surface area (Å²) >= 11 is 0. The van der Waals surface area contributed by atoms with Crippen molar-refractivity contribution in [3.63, 3.8) is 0 Å². The van der Waals surface area contributed by atoms with Crippen LogP contribution in [0.2, 0.25) is 0 Å². The van der Waals surface area contributed by atoms with Crippen molar-refractivity contribution in [2.24, 2.45) is 5.92 Å². The van der Waals surface area contributed by atoms with Crippen LogP contribution in [-0.2, 0) is 4.79 Å². The first-order valence-corrected chi connectivity index (χ1v) is 10.0.